The Bertz CT molecular complexity index is 680. The number of hydrogen-bond donors (Lipinski definition) is 1. The number of sulfonamides is 1. The van der Waals surface area contributed by atoms with Crippen molar-refractivity contribution in [3.8, 4) is 0 Å². The summed E-state index contributed by atoms with van der Waals surface area (Å²) in [6.45, 7) is 1.96. The van der Waals surface area contributed by atoms with Gasteiger partial charge >= 0.3 is 0 Å². The van der Waals surface area contributed by atoms with Crippen molar-refractivity contribution in [1.82, 2.24) is 4.83 Å². The number of aryl methyl sites for hydroxylation is 1. The lowest BCUT2D eigenvalue weighted by Crippen LogP contribution is -2.18. The van der Waals surface area contributed by atoms with Crippen molar-refractivity contribution in [3.63, 3.8) is 0 Å². The molecule has 0 atom stereocenters. The molecule has 5 heteroatoms. The summed E-state index contributed by atoms with van der Waals surface area (Å²) in [4.78, 5) is 2.38. The molecule has 0 aliphatic rings. The first-order chi connectivity index (χ1) is 9.08. The van der Waals surface area contributed by atoms with Gasteiger partial charge in [0.1, 0.15) is 0 Å². The smallest absolute Gasteiger partial charge is 0.200 e. The van der Waals surface area contributed by atoms with Crippen molar-refractivity contribution in [2.45, 2.75) is 11.8 Å². The van der Waals surface area contributed by atoms with Crippen LogP contribution in [0.1, 0.15) is 11.1 Å². The van der Waals surface area contributed by atoms with Gasteiger partial charge in [0, 0.05) is 0 Å². The van der Waals surface area contributed by atoms with Gasteiger partial charge in [-0.3, -0.25) is 0 Å². The van der Waals surface area contributed by atoms with Crippen molar-refractivity contribution in [2.24, 2.45) is 5.10 Å². The number of hydrogen-bond acceptors (Lipinski definition) is 3. The molecule has 19 heavy (non-hydrogen) atoms. The van der Waals surface area contributed by atoms with Crippen LogP contribution in [0.4, 0.5) is 0 Å². The Kier molecular flexibility index (Phi) is 3.97. The van der Waals surface area contributed by atoms with E-state index in [4.69, 9.17) is 0 Å². The van der Waals surface area contributed by atoms with Gasteiger partial charge in [0.25, 0.3) is 10.0 Å². The fourth-order valence-electron chi connectivity index (χ4n) is 1.57. The molecule has 2 aromatic rings. The molecule has 0 amide bonds. The van der Waals surface area contributed by atoms with Crippen LogP contribution in [0.2, 0.25) is 0 Å². The highest BCUT2D eigenvalue weighted by Crippen LogP contribution is 2.07. The highest BCUT2D eigenvalue weighted by atomic mass is 32.2. The van der Waals surface area contributed by atoms with Crippen LogP contribution >= 0.6 is 0 Å². The third-order valence-electron chi connectivity index (χ3n) is 2.48. The summed E-state index contributed by atoms with van der Waals surface area (Å²) in [6.07, 6.45) is 1.48. The van der Waals surface area contributed by atoms with E-state index in [9.17, 15) is 8.42 Å². The van der Waals surface area contributed by atoms with Crippen molar-refractivity contribution < 1.29 is 8.42 Å². The number of rotatable bonds is 4. The van der Waals surface area contributed by atoms with Gasteiger partial charge in [0.15, 0.2) is 0 Å². The molecular formula is C14H14N2O2S. The van der Waals surface area contributed by atoms with Gasteiger partial charge in [0.05, 0.1) is 11.1 Å². The first-order valence-corrected chi connectivity index (χ1v) is 7.23. The summed E-state index contributed by atoms with van der Waals surface area (Å²) in [6, 6.07) is 15.8. The maximum Gasteiger partial charge on any atom is 0.276 e. The van der Waals surface area contributed by atoms with Gasteiger partial charge in [-0.15, -0.1) is 0 Å². The molecule has 0 radical (unpaired) electrons. The molecule has 0 saturated carbocycles. The Morgan fingerprint density at radius 2 is 1.79 bits per heavy atom. The van der Waals surface area contributed by atoms with Crippen LogP contribution in [-0.2, 0) is 10.0 Å². The molecule has 0 aliphatic carbocycles. The van der Waals surface area contributed by atoms with Crippen LogP contribution in [0, 0.1) is 6.92 Å². The van der Waals surface area contributed by atoms with Crippen molar-refractivity contribution in [2.75, 3.05) is 0 Å². The zero-order chi connectivity index (χ0) is 13.7. The average Bonchev–Trinajstić information content (AvgIpc) is 2.40. The van der Waals surface area contributed by atoms with Gasteiger partial charge in [-0.2, -0.15) is 13.5 Å². The van der Waals surface area contributed by atoms with Crippen LogP contribution in [-0.4, -0.2) is 14.6 Å². The molecule has 1 N–H and O–H groups in total. The third-order valence-corrected chi connectivity index (χ3v) is 3.72. The summed E-state index contributed by atoms with van der Waals surface area (Å²) >= 11 is 0. The molecule has 0 saturated heterocycles. The number of hydrazone groups is 1. The molecule has 98 valence electrons. The molecule has 0 spiro atoms. The van der Waals surface area contributed by atoms with Crippen LogP contribution in [0.5, 0.6) is 0 Å². The molecule has 2 aromatic carbocycles. The van der Waals surface area contributed by atoms with Gasteiger partial charge < -0.3 is 0 Å². The SMILES string of the molecule is Cc1cccc(/C=N/NS(=O)(=O)c2ccccc2)c1. The van der Waals surface area contributed by atoms with Gasteiger partial charge in [-0.05, 0) is 24.6 Å². The normalized spacial score (nSPS) is 11.6. The van der Waals surface area contributed by atoms with Crippen LogP contribution in [0.15, 0.2) is 64.6 Å². The van der Waals surface area contributed by atoms with E-state index in [1.54, 1.807) is 18.2 Å². The maximum absolute atomic E-state index is 11.9. The van der Waals surface area contributed by atoms with Crippen molar-refractivity contribution >= 4 is 16.2 Å². The van der Waals surface area contributed by atoms with E-state index in [2.05, 4.69) is 9.93 Å². The van der Waals surface area contributed by atoms with Gasteiger partial charge in [0.2, 0.25) is 0 Å². The second kappa shape index (κ2) is 5.67. The predicted octanol–water partition coefficient (Wildman–Crippen LogP) is 2.31. The van der Waals surface area contributed by atoms with E-state index in [1.807, 2.05) is 31.2 Å². The molecule has 0 aromatic heterocycles. The monoisotopic (exact) mass is 274 g/mol. The highest BCUT2D eigenvalue weighted by Gasteiger charge is 2.10. The Hall–Kier alpha value is -2.14. The van der Waals surface area contributed by atoms with Crippen LogP contribution in [0.25, 0.3) is 0 Å². The molecule has 0 heterocycles. The average molecular weight is 274 g/mol. The standard InChI is InChI=1S/C14H14N2O2S/c1-12-6-5-7-13(10-12)11-15-16-19(17,18)14-8-3-2-4-9-14/h2-11,16H,1H3/b15-11+. The Morgan fingerprint density at radius 1 is 1.05 bits per heavy atom. The predicted molar refractivity (Wildman–Crippen MR) is 75.5 cm³/mol. The summed E-state index contributed by atoms with van der Waals surface area (Å²) in [5, 5.41) is 3.77. The zero-order valence-electron chi connectivity index (χ0n) is 10.4. The zero-order valence-corrected chi connectivity index (χ0v) is 11.3. The maximum atomic E-state index is 11.9. The topological polar surface area (TPSA) is 58.5 Å². The molecule has 2 rings (SSSR count). The summed E-state index contributed by atoms with van der Waals surface area (Å²) < 4.78 is 23.7. The largest absolute Gasteiger partial charge is 0.276 e. The number of nitrogens with one attached hydrogen (secondary N) is 1. The lowest BCUT2D eigenvalue weighted by molar-refractivity contribution is 0.584. The van der Waals surface area contributed by atoms with E-state index < -0.39 is 10.0 Å². The van der Waals surface area contributed by atoms with Gasteiger partial charge in [-0.25, -0.2) is 4.83 Å². The van der Waals surface area contributed by atoms with Crippen molar-refractivity contribution in [1.29, 1.82) is 0 Å². The number of nitrogens with zero attached hydrogens (tertiary/aromatic N) is 1. The summed E-state index contributed by atoms with van der Waals surface area (Å²) in [5.41, 5.74) is 1.94. The fourth-order valence-corrected chi connectivity index (χ4v) is 2.39. The molecule has 4 nitrogen and oxygen atoms in total. The molecular weight excluding hydrogens is 260 g/mol. The van der Waals surface area contributed by atoms with E-state index in [1.165, 1.54) is 18.3 Å². The Morgan fingerprint density at radius 3 is 2.47 bits per heavy atom. The first-order valence-electron chi connectivity index (χ1n) is 5.74. The Balaban J connectivity index is 2.10. The minimum atomic E-state index is -3.59. The summed E-state index contributed by atoms with van der Waals surface area (Å²) in [5.74, 6) is 0. The third kappa shape index (κ3) is 3.66. The molecule has 0 fully saturated rings. The van der Waals surface area contributed by atoms with Crippen molar-refractivity contribution in [3.05, 3.63) is 65.7 Å². The second-order valence-corrected chi connectivity index (χ2v) is 5.74. The quantitative estimate of drug-likeness (QED) is 0.687. The molecule has 0 aliphatic heterocycles. The minimum Gasteiger partial charge on any atom is -0.200 e. The minimum absolute atomic E-state index is 0.191. The van der Waals surface area contributed by atoms with E-state index in [0.717, 1.165) is 11.1 Å². The lowest BCUT2D eigenvalue weighted by Gasteiger charge is -2.02. The summed E-state index contributed by atoms with van der Waals surface area (Å²) in [7, 11) is -3.59. The van der Waals surface area contributed by atoms with E-state index in [0.29, 0.717) is 0 Å². The number of benzene rings is 2. The van der Waals surface area contributed by atoms with Crippen LogP contribution in [0.3, 0.4) is 0 Å². The van der Waals surface area contributed by atoms with Gasteiger partial charge in [-0.1, -0.05) is 48.0 Å². The fraction of sp³-hybridized carbons (Fsp3) is 0.0714. The lowest BCUT2D eigenvalue weighted by atomic mass is 10.2. The molecule has 0 bridgehead atoms. The first kappa shape index (κ1) is 13.3. The van der Waals surface area contributed by atoms with E-state index in [-0.39, 0.29) is 4.90 Å². The molecule has 0 unspecified atom stereocenters. The Labute approximate surface area is 112 Å². The van der Waals surface area contributed by atoms with E-state index >= 15 is 0 Å². The highest BCUT2D eigenvalue weighted by molar-refractivity contribution is 7.89. The van der Waals surface area contributed by atoms with Crippen LogP contribution < -0.4 is 4.83 Å². The second-order valence-electron chi connectivity index (χ2n) is 4.08.